The second kappa shape index (κ2) is 4.25. The smallest absolute Gasteiger partial charge is 0.0286 e. The highest BCUT2D eigenvalue weighted by Gasteiger charge is 2.25. The summed E-state index contributed by atoms with van der Waals surface area (Å²) in [5, 5.41) is 4.01. The van der Waals surface area contributed by atoms with Crippen LogP contribution in [-0.4, -0.2) is 18.3 Å². The van der Waals surface area contributed by atoms with Crippen LogP contribution in [0.5, 0.6) is 0 Å². The Kier molecular flexibility index (Phi) is 3.20. The van der Waals surface area contributed by atoms with E-state index in [1.54, 1.807) is 0 Å². The lowest BCUT2D eigenvalue weighted by atomic mass is 10.1. The van der Waals surface area contributed by atoms with Crippen LogP contribution in [0.1, 0.15) is 12.5 Å². The van der Waals surface area contributed by atoms with Gasteiger partial charge in [-0.25, -0.2) is 0 Å². The quantitative estimate of drug-likeness (QED) is 0.888. The van der Waals surface area contributed by atoms with E-state index in [1.165, 1.54) is 21.4 Å². The lowest BCUT2D eigenvalue weighted by Gasteiger charge is -2.16. The Balaban J connectivity index is 2.17. The molecule has 0 saturated carbocycles. The molecule has 1 N–H and O–H groups in total. The first-order valence-corrected chi connectivity index (χ1v) is 6.50. The molecule has 0 spiro atoms. The van der Waals surface area contributed by atoms with E-state index in [-0.39, 0.29) is 0 Å². The molecule has 1 aliphatic rings. The monoisotopic (exact) mass is 271 g/mol. The zero-order valence-electron chi connectivity index (χ0n) is 8.38. The van der Waals surface area contributed by atoms with Crippen LogP contribution < -0.4 is 5.32 Å². The average Bonchev–Trinajstić information content (AvgIpc) is 2.59. The number of hydrogen-bond donors (Lipinski definition) is 1. The number of fused-ring (bicyclic) bond motifs is 1. The van der Waals surface area contributed by atoms with E-state index in [4.69, 9.17) is 0 Å². The SMILES string of the molecule is CNC(C)C1Cc2cc(Br)ccc2S1. The van der Waals surface area contributed by atoms with Gasteiger partial charge in [-0.05, 0) is 44.2 Å². The van der Waals surface area contributed by atoms with Crippen LogP contribution in [0.25, 0.3) is 0 Å². The maximum absolute atomic E-state index is 3.51. The molecule has 14 heavy (non-hydrogen) atoms. The summed E-state index contributed by atoms with van der Waals surface area (Å²) >= 11 is 5.51. The third-order valence-corrected chi connectivity index (χ3v) is 4.76. The zero-order chi connectivity index (χ0) is 10.1. The zero-order valence-corrected chi connectivity index (χ0v) is 10.8. The number of rotatable bonds is 2. The molecule has 3 heteroatoms. The second-order valence-electron chi connectivity index (χ2n) is 3.69. The minimum Gasteiger partial charge on any atom is -0.316 e. The molecule has 2 rings (SSSR count). The summed E-state index contributed by atoms with van der Waals surface area (Å²) in [6.07, 6.45) is 1.18. The van der Waals surface area contributed by atoms with Gasteiger partial charge in [0.05, 0.1) is 0 Å². The molecule has 0 saturated heterocycles. The number of benzene rings is 1. The van der Waals surface area contributed by atoms with E-state index in [9.17, 15) is 0 Å². The third kappa shape index (κ3) is 2.00. The molecule has 0 fully saturated rings. The molecule has 1 aromatic rings. The van der Waals surface area contributed by atoms with Crippen molar-refractivity contribution in [2.24, 2.45) is 0 Å². The fourth-order valence-corrected chi connectivity index (χ4v) is 3.49. The van der Waals surface area contributed by atoms with Crippen molar-refractivity contribution in [3.63, 3.8) is 0 Å². The van der Waals surface area contributed by atoms with Gasteiger partial charge in [0.15, 0.2) is 0 Å². The molecule has 0 aliphatic carbocycles. The predicted octanol–water partition coefficient (Wildman–Crippen LogP) is 3.07. The predicted molar refractivity (Wildman–Crippen MR) is 66.0 cm³/mol. The largest absolute Gasteiger partial charge is 0.316 e. The number of hydrogen-bond acceptors (Lipinski definition) is 2. The maximum Gasteiger partial charge on any atom is 0.0286 e. The van der Waals surface area contributed by atoms with Gasteiger partial charge in [0.25, 0.3) is 0 Å². The number of halogens is 1. The normalized spacial score (nSPS) is 22.1. The summed E-state index contributed by atoms with van der Waals surface area (Å²) in [7, 11) is 2.03. The van der Waals surface area contributed by atoms with Crippen LogP contribution >= 0.6 is 27.7 Å². The lowest BCUT2D eigenvalue weighted by molar-refractivity contribution is 0.584. The van der Waals surface area contributed by atoms with Gasteiger partial charge >= 0.3 is 0 Å². The van der Waals surface area contributed by atoms with Crippen LogP contribution in [0.4, 0.5) is 0 Å². The summed E-state index contributed by atoms with van der Waals surface area (Å²) in [6, 6.07) is 7.15. The molecule has 1 heterocycles. The average molecular weight is 272 g/mol. The summed E-state index contributed by atoms with van der Waals surface area (Å²) in [4.78, 5) is 1.44. The van der Waals surface area contributed by atoms with E-state index >= 15 is 0 Å². The fraction of sp³-hybridized carbons (Fsp3) is 0.455. The second-order valence-corrected chi connectivity index (χ2v) is 5.89. The maximum atomic E-state index is 3.51. The van der Waals surface area contributed by atoms with Gasteiger partial charge in [0, 0.05) is 20.7 Å². The van der Waals surface area contributed by atoms with Crippen molar-refractivity contribution in [2.75, 3.05) is 7.05 Å². The lowest BCUT2D eigenvalue weighted by Crippen LogP contribution is -2.32. The highest BCUT2D eigenvalue weighted by atomic mass is 79.9. The van der Waals surface area contributed by atoms with Gasteiger partial charge in [-0.3, -0.25) is 0 Å². The molecule has 1 aliphatic heterocycles. The van der Waals surface area contributed by atoms with Crippen LogP contribution in [0.15, 0.2) is 27.6 Å². The van der Waals surface area contributed by atoms with Gasteiger partial charge in [-0.1, -0.05) is 15.9 Å². The molecule has 0 bridgehead atoms. The van der Waals surface area contributed by atoms with Gasteiger partial charge in [-0.2, -0.15) is 0 Å². The van der Waals surface area contributed by atoms with E-state index in [1.807, 2.05) is 18.8 Å². The molecule has 0 aromatic heterocycles. The van der Waals surface area contributed by atoms with E-state index in [0.717, 1.165) is 0 Å². The molecule has 76 valence electrons. The van der Waals surface area contributed by atoms with E-state index in [0.29, 0.717) is 11.3 Å². The van der Waals surface area contributed by atoms with Crippen molar-refractivity contribution in [3.8, 4) is 0 Å². The van der Waals surface area contributed by atoms with Gasteiger partial charge < -0.3 is 5.32 Å². The molecule has 1 aromatic carbocycles. The molecule has 2 atom stereocenters. The highest BCUT2D eigenvalue weighted by molar-refractivity contribution is 9.10. The van der Waals surface area contributed by atoms with Gasteiger partial charge in [0.2, 0.25) is 0 Å². The van der Waals surface area contributed by atoms with E-state index in [2.05, 4.69) is 46.4 Å². The summed E-state index contributed by atoms with van der Waals surface area (Å²) < 4.78 is 1.19. The van der Waals surface area contributed by atoms with Crippen molar-refractivity contribution in [1.82, 2.24) is 5.32 Å². The van der Waals surface area contributed by atoms with Crippen molar-refractivity contribution in [2.45, 2.75) is 29.5 Å². The van der Waals surface area contributed by atoms with Crippen molar-refractivity contribution in [1.29, 1.82) is 0 Å². The highest BCUT2D eigenvalue weighted by Crippen LogP contribution is 2.39. The Morgan fingerprint density at radius 3 is 3.07 bits per heavy atom. The Hall–Kier alpha value is 0.01000. The molecular weight excluding hydrogens is 258 g/mol. The van der Waals surface area contributed by atoms with Crippen LogP contribution in [0.2, 0.25) is 0 Å². The van der Waals surface area contributed by atoms with Crippen LogP contribution in [-0.2, 0) is 6.42 Å². The number of nitrogens with one attached hydrogen (secondary N) is 1. The van der Waals surface area contributed by atoms with Gasteiger partial charge in [0.1, 0.15) is 0 Å². The Morgan fingerprint density at radius 2 is 2.36 bits per heavy atom. The Labute approximate surface area is 97.8 Å². The first-order valence-electron chi connectivity index (χ1n) is 4.83. The molecule has 0 amide bonds. The Morgan fingerprint density at radius 1 is 1.57 bits per heavy atom. The summed E-state index contributed by atoms with van der Waals surface area (Å²) in [5.74, 6) is 0. The van der Waals surface area contributed by atoms with Crippen molar-refractivity contribution < 1.29 is 0 Å². The molecular formula is C11H14BrNS. The topological polar surface area (TPSA) is 12.0 Å². The standard InChI is InChI=1S/C11H14BrNS/c1-7(13-2)11-6-8-5-9(12)3-4-10(8)14-11/h3-5,7,11,13H,6H2,1-2H3. The first kappa shape index (κ1) is 10.5. The third-order valence-electron chi connectivity index (χ3n) is 2.73. The van der Waals surface area contributed by atoms with E-state index < -0.39 is 0 Å². The van der Waals surface area contributed by atoms with Crippen LogP contribution in [0, 0.1) is 0 Å². The summed E-state index contributed by atoms with van der Waals surface area (Å²) in [6.45, 7) is 2.25. The Bertz CT molecular complexity index is 340. The first-order chi connectivity index (χ1) is 6.70. The minimum atomic E-state index is 0.575. The molecule has 0 radical (unpaired) electrons. The summed E-state index contributed by atoms with van der Waals surface area (Å²) in [5.41, 5.74) is 1.48. The van der Waals surface area contributed by atoms with Crippen LogP contribution in [0.3, 0.4) is 0 Å². The number of thioether (sulfide) groups is 1. The van der Waals surface area contributed by atoms with Crippen molar-refractivity contribution >= 4 is 27.7 Å². The van der Waals surface area contributed by atoms with Crippen molar-refractivity contribution in [3.05, 3.63) is 28.2 Å². The fourth-order valence-electron chi connectivity index (χ4n) is 1.71. The molecule has 2 unspecified atom stereocenters. The van der Waals surface area contributed by atoms with Gasteiger partial charge in [-0.15, -0.1) is 11.8 Å². The molecule has 1 nitrogen and oxygen atoms in total. The minimum absolute atomic E-state index is 0.575.